The summed E-state index contributed by atoms with van der Waals surface area (Å²) in [6, 6.07) is 12.7. The van der Waals surface area contributed by atoms with Gasteiger partial charge in [-0.3, -0.25) is 5.48 Å². The number of carbonyl (C=O) groups is 1. The summed E-state index contributed by atoms with van der Waals surface area (Å²) in [5, 5.41) is 2.12. The largest absolute Gasteiger partial charge is 0.573 e. The summed E-state index contributed by atoms with van der Waals surface area (Å²) in [5.41, 5.74) is 3.19. The fraction of sp³-hybridized carbons (Fsp3) is 0.485. The third-order valence-electron chi connectivity index (χ3n) is 7.86. The maximum Gasteiger partial charge on any atom is 0.573 e. The second kappa shape index (κ2) is 14.0. The van der Waals surface area contributed by atoms with Crippen LogP contribution in [0.2, 0.25) is 0 Å². The van der Waals surface area contributed by atoms with Crippen molar-refractivity contribution in [2.45, 2.75) is 87.7 Å². The number of piperidine rings is 1. The molecule has 8 nitrogen and oxygen atoms in total. The van der Waals surface area contributed by atoms with Crippen molar-refractivity contribution in [3.63, 3.8) is 0 Å². The van der Waals surface area contributed by atoms with Crippen molar-refractivity contribution in [2.24, 2.45) is 0 Å². The van der Waals surface area contributed by atoms with Crippen LogP contribution in [0.25, 0.3) is 0 Å². The summed E-state index contributed by atoms with van der Waals surface area (Å²) in [6.07, 6.45) is -1.56. The normalized spacial score (nSPS) is 20.0. The van der Waals surface area contributed by atoms with Crippen LogP contribution in [0.1, 0.15) is 59.8 Å². The number of hydroxylamine groups is 1. The van der Waals surface area contributed by atoms with Gasteiger partial charge in [-0.05, 0) is 107 Å². The van der Waals surface area contributed by atoms with Crippen molar-refractivity contribution in [3.05, 3.63) is 60.8 Å². The van der Waals surface area contributed by atoms with Crippen LogP contribution in [-0.2, 0) is 14.3 Å². The number of benzene rings is 2. The summed E-state index contributed by atoms with van der Waals surface area (Å²) >= 11 is 0. The average Bonchev–Trinajstić information content (AvgIpc) is 2.99. The first-order valence-electron chi connectivity index (χ1n) is 14.9. The molecule has 1 N–H and O–H groups in total. The number of ether oxygens (including phenoxy) is 4. The predicted molar refractivity (Wildman–Crippen MR) is 171 cm³/mol. The Balaban J connectivity index is 1.56. The number of nitrogens with zero attached hydrogens (tertiary/aromatic N) is 1. The number of hydrogen-bond acceptors (Lipinski definition) is 7. The molecule has 45 heavy (non-hydrogen) atoms. The van der Waals surface area contributed by atoms with Crippen LogP contribution in [0.3, 0.4) is 0 Å². The van der Waals surface area contributed by atoms with Crippen LogP contribution < -0.4 is 15.0 Å². The van der Waals surface area contributed by atoms with Gasteiger partial charge in [0, 0.05) is 31.8 Å². The zero-order chi connectivity index (χ0) is 32.9. The molecule has 0 aromatic heterocycles. The molecule has 2 aliphatic heterocycles. The summed E-state index contributed by atoms with van der Waals surface area (Å²) in [5.74, 6) is 5.35. The van der Waals surface area contributed by atoms with E-state index in [1.54, 1.807) is 17.0 Å². The fourth-order valence-electron chi connectivity index (χ4n) is 5.48. The van der Waals surface area contributed by atoms with E-state index in [-0.39, 0.29) is 18.1 Å². The van der Waals surface area contributed by atoms with Crippen LogP contribution in [0.5, 0.6) is 17.2 Å². The zero-order valence-corrected chi connectivity index (χ0v) is 27.1. The standard InChI is InChI=1S/C33H43F3N2O6S/c1-7-45(6,28-17-15-26(16-18-28)41-25-11-13-27(14-12-25)42-33(34,35)36)32(24(2)37-44-29-10-8-9-23-40-29)19-21-38(22-20-32)30(39)43-31(3,4)5/h7,11-18,29,37H,2,6,8-10,19-23H2,1,3-5H3. The van der Waals surface area contributed by atoms with Crippen LogP contribution in [-0.4, -0.2) is 64.9 Å². The molecule has 0 aliphatic carbocycles. The summed E-state index contributed by atoms with van der Waals surface area (Å²) in [6.45, 7) is 13.5. The molecular weight excluding hydrogens is 609 g/mol. The number of carbonyl (C=O) groups excluding carboxylic acids is 1. The molecule has 0 saturated carbocycles. The van der Waals surface area contributed by atoms with Crippen molar-refractivity contribution in [1.82, 2.24) is 10.4 Å². The quantitative estimate of drug-likeness (QED) is 0.217. The lowest BCUT2D eigenvalue weighted by Gasteiger charge is -2.48. The SMILES string of the molecule is C=C(NOC1CCCCO1)C1(S(=C)(=CC)c2ccc(Oc3ccc(OC(F)(F)F)cc3)cc2)CCN(C(=O)OC(C)(C)C)CC1. The first-order valence-corrected chi connectivity index (χ1v) is 16.8. The molecule has 2 unspecified atom stereocenters. The first-order chi connectivity index (χ1) is 21.1. The molecule has 2 fully saturated rings. The van der Waals surface area contributed by atoms with Gasteiger partial charge in [0.25, 0.3) is 0 Å². The number of hydrogen-bond donors (Lipinski definition) is 1. The number of alkyl halides is 3. The van der Waals surface area contributed by atoms with Crippen molar-refractivity contribution < 1.29 is 41.8 Å². The second-order valence-electron chi connectivity index (χ2n) is 12.1. The topological polar surface area (TPSA) is 78.5 Å². The number of amides is 1. The minimum atomic E-state index is -4.77. The fourth-order valence-corrected chi connectivity index (χ4v) is 8.67. The lowest BCUT2D eigenvalue weighted by atomic mass is 9.93. The first kappa shape index (κ1) is 34.5. The Bertz CT molecular complexity index is 1430. The smallest absolute Gasteiger partial charge is 0.457 e. The Morgan fingerprint density at radius 1 is 1.02 bits per heavy atom. The third-order valence-corrected chi connectivity index (χ3v) is 11.8. The number of nitrogens with one attached hydrogen (secondary N) is 1. The number of likely N-dealkylation sites (tertiary alicyclic amines) is 1. The van der Waals surface area contributed by atoms with Gasteiger partial charge in [0.1, 0.15) is 22.8 Å². The lowest BCUT2D eigenvalue weighted by molar-refractivity contribution is -0.274. The molecule has 2 heterocycles. The molecular formula is C33H43F3N2O6S. The highest BCUT2D eigenvalue weighted by Gasteiger charge is 2.44. The van der Waals surface area contributed by atoms with Gasteiger partial charge in [0.15, 0.2) is 6.29 Å². The van der Waals surface area contributed by atoms with Crippen molar-refractivity contribution in [1.29, 1.82) is 0 Å². The van der Waals surface area contributed by atoms with E-state index in [0.29, 0.717) is 49.7 Å². The van der Waals surface area contributed by atoms with Crippen LogP contribution in [0, 0.1) is 0 Å². The van der Waals surface area contributed by atoms with Gasteiger partial charge in [-0.15, -0.1) is 13.2 Å². The Kier molecular flexibility index (Phi) is 10.7. The number of rotatable bonds is 9. The Labute approximate surface area is 263 Å². The zero-order valence-electron chi connectivity index (χ0n) is 26.3. The van der Waals surface area contributed by atoms with Crippen molar-refractivity contribution in [2.75, 3.05) is 19.7 Å². The van der Waals surface area contributed by atoms with E-state index in [0.717, 1.165) is 24.2 Å². The van der Waals surface area contributed by atoms with Gasteiger partial charge in [0.05, 0.1) is 4.75 Å². The van der Waals surface area contributed by atoms with Crippen LogP contribution in [0.15, 0.2) is 65.7 Å². The van der Waals surface area contributed by atoms with Gasteiger partial charge in [-0.2, -0.15) is 9.21 Å². The van der Waals surface area contributed by atoms with E-state index in [4.69, 9.17) is 24.9 Å². The summed E-state index contributed by atoms with van der Waals surface area (Å²) in [4.78, 5) is 21.6. The minimum Gasteiger partial charge on any atom is -0.457 e. The summed E-state index contributed by atoms with van der Waals surface area (Å²) < 4.78 is 58.1. The van der Waals surface area contributed by atoms with Gasteiger partial charge in [-0.25, -0.2) is 9.63 Å². The molecule has 2 aromatic rings. The minimum absolute atomic E-state index is 0.329. The van der Waals surface area contributed by atoms with E-state index >= 15 is 0 Å². The summed E-state index contributed by atoms with van der Waals surface area (Å²) in [7, 11) is -1.98. The highest BCUT2D eigenvalue weighted by molar-refractivity contribution is 8.29. The molecule has 248 valence electrons. The van der Waals surface area contributed by atoms with E-state index in [9.17, 15) is 18.0 Å². The maximum atomic E-state index is 12.9. The molecule has 2 aliphatic rings. The molecule has 0 spiro atoms. The highest BCUT2D eigenvalue weighted by Crippen LogP contribution is 2.55. The van der Waals surface area contributed by atoms with Gasteiger partial charge >= 0.3 is 12.5 Å². The molecule has 2 saturated heterocycles. The Morgan fingerprint density at radius 3 is 2.11 bits per heavy atom. The predicted octanol–water partition coefficient (Wildman–Crippen LogP) is 8.13. The van der Waals surface area contributed by atoms with Crippen LogP contribution in [0.4, 0.5) is 18.0 Å². The van der Waals surface area contributed by atoms with Gasteiger partial charge < -0.3 is 23.8 Å². The van der Waals surface area contributed by atoms with E-state index in [1.165, 1.54) is 24.3 Å². The second-order valence-corrected chi connectivity index (χ2v) is 15.4. The number of halogens is 3. The molecule has 0 radical (unpaired) electrons. The van der Waals surface area contributed by atoms with Crippen LogP contribution >= 0.6 is 9.21 Å². The highest BCUT2D eigenvalue weighted by atomic mass is 32.2. The molecule has 1 amide bonds. The Hall–Kier alpha value is -3.35. The Morgan fingerprint density at radius 2 is 1.60 bits per heavy atom. The lowest BCUT2D eigenvalue weighted by Crippen LogP contribution is -2.51. The van der Waals surface area contributed by atoms with E-state index in [1.807, 2.05) is 39.8 Å². The molecule has 12 heteroatoms. The molecule has 2 atom stereocenters. The molecule has 2 aromatic carbocycles. The van der Waals surface area contributed by atoms with Gasteiger partial charge in [0.2, 0.25) is 0 Å². The molecule has 4 rings (SSSR count). The monoisotopic (exact) mass is 652 g/mol. The molecule has 0 bridgehead atoms. The van der Waals surface area contributed by atoms with Gasteiger partial charge in [-0.1, -0.05) is 17.8 Å². The maximum absolute atomic E-state index is 12.9. The average molecular weight is 653 g/mol. The van der Waals surface area contributed by atoms with E-state index < -0.39 is 25.9 Å². The van der Waals surface area contributed by atoms with Crippen molar-refractivity contribution >= 4 is 26.5 Å². The van der Waals surface area contributed by atoms with Crippen molar-refractivity contribution in [3.8, 4) is 17.2 Å². The van der Waals surface area contributed by atoms with E-state index in [2.05, 4.69) is 22.2 Å². The third kappa shape index (κ3) is 8.68.